The number of pyridine rings is 2. The van der Waals surface area contributed by atoms with Gasteiger partial charge in [-0.05, 0) is 12.3 Å². The topological polar surface area (TPSA) is 79.8 Å². The molecule has 7 heteroatoms. The number of rotatable bonds is 3. The minimum Gasteiger partial charge on any atom is -0.349 e. The van der Waals surface area contributed by atoms with Gasteiger partial charge in [-0.15, -0.1) is 11.8 Å². The van der Waals surface area contributed by atoms with E-state index in [0.29, 0.717) is 5.82 Å². The first-order valence-electron chi connectivity index (χ1n) is 6.99. The first-order chi connectivity index (χ1) is 11.0. The quantitative estimate of drug-likeness (QED) is 0.724. The summed E-state index contributed by atoms with van der Waals surface area (Å²) in [6.45, 7) is 1.44. The molecule has 6 nitrogen and oxygen atoms in total. The molecule has 0 aliphatic rings. The lowest BCUT2D eigenvalue weighted by Gasteiger charge is -2.05. The van der Waals surface area contributed by atoms with Gasteiger partial charge in [-0.3, -0.25) is 9.59 Å². The van der Waals surface area contributed by atoms with Crippen LogP contribution in [0.4, 0.5) is 5.82 Å². The molecular formula is C16H16N4O2S. The van der Waals surface area contributed by atoms with E-state index in [0.717, 1.165) is 27.2 Å². The summed E-state index contributed by atoms with van der Waals surface area (Å²) in [5, 5.41) is 4.41. The number of anilines is 1. The number of carbonyl (C=O) groups is 1. The Bertz CT molecular complexity index is 958. The van der Waals surface area contributed by atoms with Crippen molar-refractivity contribution in [2.75, 3.05) is 11.6 Å². The van der Waals surface area contributed by atoms with Gasteiger partial charge in [-0.25, -0.2) is 4.98 Å². The van der Waals surface area contributed by atoms with Crippen molar-refractivity contribution in [2.45, 2.75) is 11.9 Å². The Hall–Kier alpha value is -2.54. The van der Waals surface area contributed by atoms with Crippen molar-refractivity contribution in [3.8, 4) is 11.3 Å². The summed E-state index contributed by atoms with van der Waals surface area (Å²) >= 11 is 1.48. The zero-order chi connectivity index (χ0) is 16.6. The minimum absolute atomic E-state index is 0.0451. The molecule has 0 aliphatic carbocycles. The van der Waals surface area contributed by atoms with Crippen molar-refractivity contribution < 1.29 is 4.79 Å². The molecule has 118 valence electrons. The van der Waals surface area contributed by atoms with E-state index in [1.54, 1.807) is 18.3 Å². The standard InChI is InChI=1S/C16H16N4O2S/c1-9(21)18-15-6-11-12(8-20(2)14(11)7-17-15)13-4-10(22)5-16(19-13)23-3/h4-8H,1-3H3,(H,19,22)(H,17,18,21). The van der Waals surface area contributed by atoms with Crippen molar-refractivity contribution in [2.24, 2.45) is 7.05 Å². The van der Waals surface area contributed by atoms with Gasteiger partial charge in [0.25, 0.3) is 0 Å². The molecule has 0 spiro atoms. The third-order valence-electron chi connectivity index (χ3n) is 3.51. The summed E-state index contributed by atoms with van der Waals surface area (Å²) in [4.78, 5) is 30.6. The van der Waals surface area contributed by atoms with Crippen LogP contribution in [-0.4, -0.2) is 26.7 Å². The average molecular weight is 328 g/mol. The molecule has 0 radical (unpaired) electrons. The van der Waals surface area contributed by atoms with E-state index in [2.05, 4.69) is 15.3 Å². The van der Waals surface area contributed by atoms with Crippen LogP contribution in [0, 0.1) is 0 Å². The molecule has 3 rings (SSSR count). The van der Waals surface area contributed by atoms with Crippen molar-refractivity contribution >= 4 is 34.4 Å². The highest BCUT2D eigenvalue weighted by atomic mass is 32.2. The maximum atomic E-state index is 11.9. The van der Waals surface area contributed by atoms with Gasteiger partial charge in [0.1, 0.15) is 5.82 Å². The molecule has 1 amide bonds. The summed E-state index contributed by atoms with van der Waals surface area (Å²) in [5.41, 5.74) is 2.51. The molecule has 23 heavy (non-hydrogen) atoms. The van der Waals surface area contributed by atoms with Crippen LogP contribution in [0.2, 0.25) is 0 Å². The average Bonchev–Trinajstić information content (AvgIpc) is 2.82. The first-order valence-corrected chi connectivity index (χ1v) is 8.22. The van der Waals surface area contributed by atoms with Crippen LogP contribution in [0.3, 0.4) is 0 Å². The molecule has 0 unspecified atom stereocenters. The molecule has 0 saturated heterocycles. The summed E-state index contributed by atoms with van der Waals surface area (Å²) < 4.78 is 1.94. The van der Waals surface area contributed by atoms with Crippen LogP contribution in [-0.2, 0) is 11.8 Å². The molecule has 3 heterocycles. The van der Waals surface area contributed by atoms with E-state index in [1.165, 1.54) is 18.7 Å². The van der Waals surface area contributed by atoms with Gasteiger partial charge < -0.3 is 14.9 Å². The summed E-state index contributed by atoms with van der Waals surface area (Å²) in [6, 6.07) is 4.97. The number of nitrogens with zero attached hydrogens (tertiary/aromatic N) is 2. The van der Waals surface area contributed by atoms with Crippen LogP contribution < -0.4 is 10.7 Å². The Labute approximate surface area is 136 Å². The van der Waals surface area contributed by atoms with E-state index in [9.17, 15) is 9.59 Å². The molecule has 0 saturated carbocycles. The largest absolute Gasteiger partial charge is 0.349 e. The fourth-order valence-corrected chi connectivity index (χ4v) is 2.96. The Kier molecular flexibility index (Phi) is 3.96. The Morgan fingerprint density at radius 1 is 1.35 bits per heavy atom. The van der Waals surface area contributed by atoms with E-state index in [1.807, 2.05) is 30.1 Å². The number of nitrogens with one attached hydrogen (secondary N) is 2. The molecule has 0 atom stereocenters. The van der Waals surface area contributed by atoms with Crippen LogP contribution in [0.1, 0.15) is 6.92 Å². The number of hydrogen-bond acceptors (Lipinski definition) is 4. The number of thioether (sulfide) groups is 1. The van der Waals surface area contributed by atoms with Crippen LogP contribution in [0.25, 0.3) is 22.2 Å². The van der Waals surface area contributed by atoms with E-state index < -0.39 is 0 Å². The number of aromatic nitrogens is 3. The second-order valence-corrected chi connectivity index (χ2v) is 6.07. The van der Waals surface area contributed by atoms with Crippen molar-refractivity contribution in [3.05, 3.63) is 40.8 Å². The number of H-pyrrole nitrogens is 1. The maximum absolute atomic E-state index is 11.9. The maximum Gasteiger partial charge on any atom is 0.222 e. The Balaban J connectivity index is 2.22. The Morgan fingerprint density at radius 3 is 2.83 bits per heavy atom. The van der Waals surface area contributed by atoms with Crippen molar-refractivity contribution in [3.63, 3.8) is 0 Å². The van der Waals surface area contributed by atoms with Gasteiger partial charge in [0, 0.05) is 43.3 Å². The second kappa shape index (κ2) is 5.92. The fraction of sp³-hybridized carbons (Fsp3) is 0.188. The number of carbonyl (C=O) groups excluding carboxylic acids is 1. The second-order valence-electron chi connectivity index (χ2n) is 5.22. The number of aromatic amines is 1. The van der Waals surface area contributed by atoms with Gasteiger partial charge in [0.15, 0.2) is 5.43 Å². The Morgan fingerprint density at radius 2 is 2.13 bits per heavy atom. The van der Waals surface area contributed by atoms with E-state index in [4.69, 9.17) is 0 Å². The smallest absolute Gasteiger partial charge is 0.222 e. The number of aryl methyl sites for hydroxylation is 1. The van der Waals surface area contributed by atoms with Crippen LogP contribution >= 0.6 is 11.8 Å². The van der Waals surface area contributed by atoms with Crippen molar-refractivity contribution in [1.29, 1.82) is 0 Å². The SMILES string of the molecule is CSc1cc(=O)cc(-c2cn(C)c3cnc(NC(C)=O)cc23)[nH]1. The monoisotopic (exact) mass is 328 g/mol. The highest BCUT2D eigenvalue weighted by Crippen LogP contribution is 2.30. The van der Waals surface area contributed by atoms with Gasteiger partial charge in [-0.1, -0.05) is 0 Å². The molecular weight excluding hydrogens is 312 g/mol. The highest BCUT2D eigenvalue weighted by molar-refractivity contribution is 7.98. The lowest BCUT2D eigenvalue weighted by atomic mass is 10.1. The predicted octanol–water partition coefficient (Wildman–Crippen LogP) is 2.61. The molecule has 0 aliphatic heterocycles. The van der Waals surface area contributed by atoms with Crippen LogP contribution in [0.5, 0.6) is 0 Å². The lowest BCUT2D eigenvalue weighted by Crippen LogP contribution is -2.07. The lowest BCUT2D eigenvalue weighted by molar-refractivity contribution is -0.114. The molecule has 0 bridgehead atoms. The van der Waals surface area contributed by atoms with Crippen LogP contribution in [0.15, 0.2) is 40.4 Å². The zero-order valence-corrected chi connectivity index (χ0v) is 13.8. The molecule has 0 aromatic carbocycles. The first kappa shape index (κ1) is 15.4. The predicted molar refractivity (Wildman–Crippen MR) is 92.9 cm³/mol. The van der Waals surface area contributed by atoms with E-state index >= 15 is 0 Å². The van der Waals surface area contributed by atoms with Gasteiger partial charge in [-0.2, -0.15) is 0 Å². The molecule has 3 aromatic rings. The number of hydrogen-bond donors (Lipinski definition) is 2. The zero-order valence-electron chi connectivity index (χ0n) is 13.0. The number of amides is 1. The summed E-state index contributed by atoms with van der Waals surface area (Å²) in [6.07, 6.45) is 5.57. The number of fused-ring (bicyclic) bond motifs is 1. The molecule has 2 N–H and O–H groups in total. The van der Waals surface area contributed by atoms with Gasteiger partial charge in [0.2, 0.25) is 5.91 Å². The van der Waals surface area contributed by atoms with Gasteiger partial charge >= 0.3 is 0 Å². The highest BCUT2D eigenvalue weighted by Gasteiger charge is 2.12. The molecule has 0 fully saturated rings. The van der Waals surface area contributed by atoms with Crippen molar-refractivity contribution in [1.82, 2.24) is 14.5 Å². The summed E-state index contributed by atoms with van der Waals surface area (Å²) in [5.74, 6) is 0.313. The fourth-order valence-electron chi connectivity index (χ4n) is 2.51. The van der Waals surface area contributed by atoms with Gasteiger partial charge in [0.05, 0.1) is 22.4 Å². The third kappa shape index (κ3) is 3.00. The summed E-state index contributed by atoms with van der Waals surface area (Å²) in [7, 11) is 1.92. The third-order valence-corrected chi connectivity index (χ3v) is 4.17. The normalized spacial score (nSPS) is 10.9. The minimum atomic E-state index is -0.174. The molecule has 3 aromatic heterocycles. The van der Waals surface area contributed by atoms with E-state index in [-0.39, 0.29) is 11.3 Å².